The molecule has 0 aromatic heterocycles. The molecule has 0 radical (unpaired) electrons. The van der Waals surface area contributed by atoms with Crippen LogP contribution in [-0.4, -0.2) is 29.0 Å². The molecule has 2 rings (SSSR count). The molecule has 0 amide bonds. The lowest BCUT2D eigenvalue weighted by Gasteiger charge is -2.16. The number of hydrogen-bond donors (Lipinski definition) is 2. The molecule has 3 N–H and O–H groups in total. The highest BCUT2D eigenvalue weighted by atomic mass is 16.4. The first-order valence-corrected chi connectivity index (χ1v) is 6.00. The number of aryl methyl sites for hydroxylation is 1. The smallest absolute Gasteiger partial charge is 0.170 e. The van der Waals surface area contributed by atoms with Gasteiger partial charge in [-0.3, -0.25) is 4.90 Å². The van der Waals surface area contributed by atoms with E-state index in [-0.39, 0.29) is 5.84 Å². The minimum absolute atomic E-state index is 0.167. The lowest BCUT2D eigenvalue weighted by Crippen LogP contribution is -2.19. The summed E-state index contributed by atoms with van der Waals surface area (Å²) in [5.41, 5.74) is 8.86. The van der Waals surface area contributed by atoms with Crippen LogP contribution < -0.4 is 5.73 Å². The molecular formula is C13H19N3O. The van der Waals surface area contributed by atoms with Crippen LogP contribution in [0.15, 0.2) is 23.4 Å². The topological polar surface area (TPSA) is 61.9 Å². The van der Waals surface area contributed by atoms with Gasteiger partial charge in [-0.15, -0.1) is 0 Å². The molecular weight excluding hydrogens is 214 g/mol. The Balaban J connectivity index is 2.13. The number of nitrogens with zero attached hydrogens (tertiary/aromatic N) is 2. The molecule has 92 valence electrons. The van der Waals surface area contributed by atoms with E-state index in [0.29, 0.717) is 0 Å². The molecule has 1 aliphatic heterocycles. The van der Waals surface area contributed by atoms with Gasteiger partial charge in [-0.2, -0.15) is 0 Å². The maximum absolute atomic E-state index is 8.63. The summed E-state index contributed by atoms with van der Waals surface area (Å²) in [5, 5.41) is 11.6. The van der Waals surface area contributed by atoms with E-state index in [0.717, 1.165) is 12.1 Å². The lowest BCUT2D eigenvalue weighted by atomic mass is 10.0. The Labute approximate surface area is 102 Å². The molecule has 0 aliphatic carbocycles. The summed E-state index contributed by atoms with van der Waals surface area (Å²) in [6.45, 7) is 5.46. The zero-order valence-electron chi connectivity index (χ0n) is 10.2. The van der Waals surface area contributed by atoms with Crippen LogP contribution in [-0.2, 0) is 6.54 Å². The summed E-state index contributed by atoms with van der Waals surface area (Å²) in [4.78, 5) is 2.46. The van der Waals surface area contributed by atoms with Gasteiger partial charge in [-0.05, 0) is 50.0 Å². The van der Waals surface area contributed by atoms with Gasteiger partial charge < -0.3 is 10.9 Å². The third-order valence-electron chi connectivity index (χ3n) is 3.34. The predicted octanol–water partition coefficient (Wildman–Crippen LogP) is 1.69. The molecule has 1 saturated heterocycles. The zero-order chi connectivity index (χ0) is 12.3. The molecule has 17 heavy (non-hydrogen) atoms. The van der Waals surface area contributed by atoms with Crippen LogP contribution in [0.25, 0.3) is 0 Å². The summed E-state index contributed by atoms with van der Waals surface area (Å²) in [6, 6.07) is 5.95. The third kappa shape index (κ3) is 2.77. The van der Waals surface area contributed by atoms with Gasteiger partial charge in [0, 0.05) is 12.1 Å². The first kappa shape index (κ1) is 11.9. The average Bonchev–Trinajstić information content (AvgIpc) is 2.83. The Morgan fingerprint density at radius 1 is 1.41 bits per heavy atom. The Morgan fingerprint density at radius 3 is 2.71 bits per heavy atom. The highest BCUT2D eigenvalue weighted by Crippen LogP contribution is 2.17. The average molecular weight is 233 g/mol. The molecule has 0 bridgehead atoms. The van der Waals surface area contributed by atoms with Gasteiger partial charge in [-0.25, -0.2) is 0 Å². The van der Waals surface area contributed by atoms with Crippen molar-refractivity contribution in [2.75, 3.05) is 13.1 Å². The molecule has 1 aromatic rings. The van der Waals surface area contributed by atoms with Gasteiger partial charge in [0.05, 0.1) is 0 Å². The Bertz CT molecular complexity index is 423. The zero-order valence-corrected chi connectivity index (χ0v) is 10.2. The fraction of sp³-hybridized carbons (Fsp3) is 0.462. The number of benzene rings is 1. The van der Waals surface area contributed by atoms with Crippen LogP contribution in [0.3, 0.4) is 0 Å². The summed E-state index contributed by atoms with van der Waals surface area (Å²) < 4.78 is 0. The molecule has 1 fully saturated rings. The lowest BCUT2D eigenvalue weighted by molar-refractivity contribution is 0.318. The van der Waals surface area contributed by atoms with Gasteiger partial charge in [0.1, 0.15) is 0 Å². The van der Waals surface area contributed by atoms with E-state index in [2.05, 4.69) is 23.0 Å². The second kappa shape index (κ2) is 5.19. The number of amidine groups is 1. The molecule has 4 nitrogen and oxygen atoms in total. The van der Waals surface area contributed by atoms with Crippen LogP contribution >= 0.6 is 0 Å². The van der Waals surface area contributed by atoms with E-state index in [1.807, 2.05) is 12.1 Å². The van der Waals surface area contributed by atoms with E-state index in [1.54, 1.807) is 0 Å². The highest BCUT2D eigenvalue weighted by molar-refractivity contribution is 5.97. The van der Waals surface area contributed by atoms with Crippen molar-refractivity contribution in [3.8, 4) is 0 Å². The van der Waals surface area contributed by atoms with Crippen molar-refractivity contribution in [3.63, 3.8) is 0 Å². The number of rotatable bonds is 3. The van der Waals surface area contributed by atoms with Crippen molar-refractivity contribution in [2.24, 2.45) is 10.9 Å². The maximum atomic E-state index is 8.63. The Hall–Kier alpha value is -1.55. The molecule has 0 saturated carbocycles. The number of hydrogen-bond acceptors (Lipinski definition) is 3. The quantitative estimate of drug-likeness (QED) is 0.361. The summed E-state index contributed by atoms with van der Waals surface area (Å²) in [6.07, 6.45) is 2.61. The van der Waals surface area contributed by atoms with Crippen molar-refractivity contribution >= 4 is 5.84 Å². The van der Waals surface area contributed by atoms with E-state index in [1.165, 1.54) is 37.1 Å². The second-order valence-corrected chi connectivity index (χ2v) is 4.61. The van der Waals surface area contributed by atoms with Crippen LogP contribution in [0, 0.1) is 6.92 Å². The standard InChI is InChI=1S/C13H19N3O/c1-10-8-11(13(14)15-17)4-5-12(10)9-16-6-2-3-7-16/h4-5,8,17H,2-3,6-7,9H2,1H3,(H2,14,15). The van der Waals surface area contributed by atoms with E-state index >= 15 is 0 Å². The monoisotopic (exact) mass is 233 g/mol. The van der Waals surface area contributed by atoms with Crippen LogP contribution in [0.5, 0.6) is 0 Å². The van der Waals surface area contributed by atoms with E-state index in [4.69, 9.17) is 10.9 Å². The second-order valence-electron chi connectivity index (χ2n) is 4.61. The van der Waals surface area contributed by atoms with Gasteiger partial charge in [0.25, 0.3) is 0 Å². The van der Waals surface area contributed by atoms with Crippen LogP contribution in [0.2, 0.25) is 0 Å². The molecule has 1 aromatic carbocycles. The van der Waals surface area contributed by atoms with Crippen LogP contribution in [0.4, 0.5) is 0 Å². The van der Waals surface area contributed by atoms with Gasteiger partial charge in [0.2, 0.25) is 0 Å². The fourth-order valence-electron chi connectivity index (χ4n) is 2.27. The Kier molecular flexibility index (Phi) is 3.64. The van der Waals surface area contributed by atoms with Crippen molar-refractivity contribution in [2.45, 2.75) is 26.3 Å². The highest BCUT2D eigenvalue weighted by Gasteiger charge is 2.13. The van der Waals surface area contributed by atoms with Gasteiger partial charge >= 0.3 is 0 Å². The van der Waals surface area contributed by atoms with Crippen molar-refractivity contribution in [3.05, 3.63) is 34.9 Å². The number of likely N-dealkylation sites (tertiary alicyclic amines) is 1. The molecule has 4 heteroatoms. The summed E-state index contributed by atoms with van der Waals surface area (Å²) in [7, 11) is 0. The first-order chi connectivity index (χ1) is 8.20. The molecule has 1 aliphatic rings. The molecule has 0 spiro atoms. The Morgan fingerprint density at radius 2 is 2.12 bits per heavy atom. The minimum Gasteiger partial charge on any atom is -0.409 e. The van der Waals surface area contributed by atoms with Crippen molar-refractivity contribution in [1.82, 2.24) is 4.90 Å². The van der Waals surface area contributed by atoms with Crippen molar-refractivity contribution < 1.29 is 5.21 Å². The molecule has 1 heterocycles. The van der Waals surface area contributed by atoms with Crippen molar-refractivity contribution in [1.29, 1.82) is 0 Å². The first-order valence-electron chi connectivity index (χ1n) is 6.00. The molecule has 0 atom stereocenters. The normalized spacial score (nSPS) is 17.6. The SMILES string of the molecule is Cc1cc(/C(N)=N/O)ccc1CN1CCCC1. The predicted molar refractivity (Wildman–Crippen MR) is 68.2 cm³/mol. The number of nitrogens with two attached hydrogens (primary N) is 1. The van der Waals surface area contributed by atoms with Crippen LogP contribution in [0.1, 0.15) is 29.5 Å². The summed E-state index contributed by atoms with van der Waals surface area (Å²) >= 11 is 0. The summed E-state index contributed by atoms with van der Waals surface area (Å²) in [5.74, 6) is 0.167. The largest absolute Gasteiger partial charge is 0.409 e. The van der Waals surface area contributed by atoms with E-state index in [9.17, 15) is 0 Å². The van der Waals surface area contributed by atoms with Gasteiger partial charge in [-0.1, -0.05) is 17.3 Å². The number of oxime groups is 1. The maximum Gasteiger partial charge on any atom is 0.170 e. The third-order valence-corrected chi connectivity index (χ3v) is 3.34. The van der Waals surface area contributed by atoms with E-state index < -0.39 is 0 Å². The molecule has 0 unspecified atom stereocenters. The fourth-order valence-corrected chi connectivity index (χ4v) is 2.27. The van der Waals surface area contributed by atoms with Gasteiger partial charge in [0.15, 0.2) is 5.84 Å². The minimum atomic E-state index is 0.167.